The van der Waals surface area contributed by atoms with Gasteiger partial charge in [-0.15, -0.1) is 5.10 Å². The number of aryl methyl sites for hydroxylation is 1. The molecule has 3 heterocycles. The molecule has 0 amide bonds. The first-order chi connectivity index (χ1) is 16.8. The molecule has 1 aliphatic heterocycles. The summed E-state index contributed by atoms with van der Waals surface area (Å²) < 4.78 is 8.29. The molecule has 0 N–H and O–H groups in total. The number of hydrogen-bond donors (Lipinski definition) is 0. The Morgan fingerprint density at radius 1 is 1.00 bits per heavy atom. The molecule has 0 bridgehead atoms. The molecule has 1 unspecified atom stereocenters. The number of rotatable bonds is 9. The predicted molar refractivity (Wildman–Crippen MR) is 134 cm³/mol. The molecule has 1 aliphatic rings. The maximum atomic E-state index is 6.33. The number of furan rings is 1. The van der Waals surface area contributed by atoms with Crippen LogP contribution in [0.1, 0.15) is 43.0 Å². The summed E-state index contributed by atoms with van der Waals surface area (Å²) in [5.41, 5.74) is 2.14. The van der Waals surface area contributed by atoms with Crippen molar-refractivity contribution >= 4 is 17.0 Å². The third kappa shape index (κ3) is 5.11. The lowest BCUT2D eigenvalue weighted by Crippen LogP contribution is -2.48. The van der Waals surface area contributed by atoms with Crippen LogP contribution in [0.2, 0.25) is 0 Å². The van der Waals surface area contributed by atoms with Crippen molar-refractivity contribution in [3.05, 3.63) is 83.9 Å². The summed E-state index contributed by atoms with van der Waals surface area (Å²) in [6, 6.07) is 20.7. The molecule has 2 aromatic carbocycles. The van der Waals surface area contributed by atoms with E-state index in [-0.39, 0.29) is 6.04 Å². The highest BCUT2D eigenvalue weighted by Crippen LogP contribution is 2.32. The van der Waals surface area contributed by atoms with Crippen LogP contribution in [0.4, 0.5) is 0 Å². The van der Waals surface area contributed by atoms with Crippen molar-refractivity contribution in [2.45, 2.75) is 32.4 Å². The monoisotopic (exact) mass is 456 g/mol. The van der Waals surface area contributed by atoms with Crippen LogP contribution in [0.5, 0.6) is 0 Å². The van der Waals surface area contributed by atoms with Crippen LogP contribution in [0.25, 0.3) is 17.0 Å². The zero-order valence-corrected chi connectivity index (χ0v) is 19.8. The van der Waals surface area contributed by atoms with Crippen LogP contribution in [-0.4, -0.2) is 62.7 Å². The van der Waals surface area contributed by atoms with Gasteiger partial charge in [0, 0.05) is 44.7 Å². The van der Waals surface area contributed by atoms with E-state index in [4.69, 9.17) is 4.42 Å². The summed E-state index contributed by atoms with van der Waals surface area (Å²) in [5, 5.41) is 13.9. The summed E-state index contributed by atoms with van der Waals surface area (Å²) >= 11 is 0. The normalized spacial score (nSPS) is 16.5. The Morgan fingerprint density at radius 3 is 2.59 bits per heavy atom. The van der Waals surface area contributed by atoms with Crippen LogP contribution in [-0.2, 0) is 6.54 Å². The van der Waals surface area contributed by atoms with Crippen molar-refractivity contribution in [2.24, 2.45) is 0 Å². The average Bonchev–Trinajstić information content (AvgIpc) is 3.52. The smallest absolute Gasteiger partial charge is 0.176 e. The third-order valence-electron chi connectivity index (χ3n) is 6.49. The second-order valence-electron chi connectivity index (χ2n) is 8.85. The maximum Gasteiger partial charge on any atom is 0.176 e. The molecule has 5 rings (SSSR count). The summed E-state index contributed by atoms with van der Waals surface area (Å²) in [7, 11) is 0. The average molecular weight is 457 g/mol. The number of tetrazole rings is 1. The van der Waals surface area contributed by atoms with E-state index >= 15 is 0 Å². The Bertz CT molecular complexity index is 1170. The molecular formula is C27H32N6O. The van der Waals surface area contributed by atoms with Crippen molar-refractivity contribution < 1.29 is 4.42 Å². The van der Waals surface area contributed by atoms with E-state index in [0.717, 1.165) is 74.7 Å². The second-order valence-corrected chi connectivity index (χ2v) is 8.85. The highest BCUT2D eigenvalue weighted by molar-refractivity contribution is 5.77. The van der Waals surface area contributed by atoms with E-state index in [0.29, 0.717) is 0 Å². The molecule has 1 saturated heterocycles. The van der Waals surface area contributed by atoms with Gasteiger partial charge in [-0.25, -0.2) is 4.68 Å². The highest BCUT2D eigenvalue weighted by atomic mass is 16.3. The predicted octanol–water partition coefficient (Wildman–Crippen LogP) is 4.64. The summed E-state index contributed by atoms with van der Waals surface area (Å²) in [6.07, 6.45) is 6.61. The van der Waals surface area contributed by atoms with Gasteiger partial charge in [-0.2, -0.15) is 0 Å². The number of aromatic nitrogens is 4. The third-order valence-corrected chi connectivity index (χ3v) is 6.49. The number of fused-ring (bicyclic) bond motifs is 1. The minimum atomic E-state index is -0.0960. The van der Waals surface area contributed by atoms with Crippen molar-refractivity contribution in [2.75, 3.05) is 32.7 Å². The van der Waals surface area contributed by atoms with E-state index < -0.39 is 0 Å². The first kappa shape index (κ1) is 22.5. The molecule has 1 atom stereocenters. The fraction of sp³-hybridized carbons (Fsp3) is 0.370. The Balaban J connectivity index is 1.33. The molecular weight excluding hydrogens is 424 g/mol. The van der Waals surface area contributed by atoms with E-state index in [1.54, 1.807) is 0 Å². The fourth-order valence-electron chi connectivity index (χ4n) is 4.59. The molecule has 0 aliphatic carbocycles. The van der Waals surface area contributed by atoms with E-state index in [1.807, 2.05) is 28.9 Å². The molecule has 7 heteroatoms. The van der Waals surface area contributed by atoms with Crippen molar-refractivity contribution in [3.63, 3.8) is 0 Å². The van der Waals surface area contributed by atoms with Crippen LogP contribution in [0.3, 0.4) is 0 Å². The number of para-hydroxylation sites is 1. The van der Waals surface area contributed by atoms with Crippen molar-refractivity contribution in [3.8, 4) is 0 Å². The lowest BCUT2D eigenvalue weighted by molar-refractivity contribution is 0.104. The molecule has 0 radical (unpaired) electrons. The number of hydrogen-bond acceptors (Lipinski definition) is 6. The lowest BCUT2D eigenvalue weighted by Gasteiger charge is -2.37. The molecule has 34 heavy (non-hydrogen) atoms. The van der Waals surface area contributed by atoms with Gasteiger partial charge in [0.1, 0.15) is 17.4 Å². The molecule has 176 valence electrons. The van der Waals surface area contributed by atoms with Crippen molar-refractivity contribution in [1.82, 2.24) is 30.0 Å². The number of benzene rings is 2. The molecule has 7 nitrogen and oxygen atoms in total. The van der Waals surface area contributed by atoms with Gasteiger partial charge >= 0.3 is 0 Å². The van der Waals surface area contributed by atoms with Gasteiger partial charge in [0.05, 0.1) is 0 Å². The highest BCUT2D eigenvalue weighted by Gasteiger charge is 2.32. The molecule has 4 aromatic rings. The zero-order valence-electron chi connectivity index (χ0n) is 19.8. The Kier molecular flexibility index (Phi) is 7.12. The zero-order chi connectivity index (χ0) is 23.2. The second kappa shape index (κ2) is 10.8. The van der Waals surface area contributed by atoms with Crippen LogP contribution in [0.15, 0.2) is 71.2 Å². The minimum Gasteiger partial charge on any atom is -0.459 e. The molecule has 1 fully saturated rings. The van der Waals surface area contributed by atoms with Gasteiger partial charge in [0.15, 0.2) is 5.82 Å². The summed E-state index contributed by atoms with van der Waals surface area (Å²) in [4.78, 5) is 4.95. The number of piperazine rings is 1. The van der Waals surface area contributed by atoms with Crippen LogP contribution in [0, 0.1) is 0 Å². The van der Waals surface area contributed by atoms with E-state index in [2.05, 4.69) is 80.8 Å². The largest absolute Gasteiger partial charge is 0.459 e. The minimum absolute atomic E-state index is 0.0960. The van der Waals surface area contributed by atoms with Gasteiger partial charge in [0.2, 0.25) is 0 Å². The topological polar surface area (TPSA) is 63.2 Å². The first-order valence-corrected chi connectivity index (χ1v) is 12.2. The van der Waals surface area contributed by atoms with E-state index in [1.165, 1.54) is 5.56 Å². The maximum absolute atomic E-state index is 6.33. The Hall–Kier alpha value is -3.29. The first-order valence-electron chi connectivity index (χ1n) is 12.2. The Morgan fingerprint density at radius 2 is 1.79 bits per heavy atom. The summed E-state index contributed by atoms with van der Waals surface area (Å²) in [6.45, 7) is 7.81. The standard InChI is InChI=1S/C27H32N6O/c1-2-3-16-33-27(28-29-30-33)26(25-21-23-13-7-8-14-24(23)34-25)32-19-17-31(18-20-32)15-9-12-22-10-5-4-6-11-22/h4-14,21,26H,2-3,15-20H2,1H3/b12-9+. The summed E-state index contributed by atoms with van der Waals surface area (Å²) in [5.74, 6) is 1.77. The van der Waals surface area contributed by atoms with Crippen LogP contribution < -0.4 is 0 Å². The Labute approximate surface area is 200 Å². The van der Waals surface area contributed by atoms with E-state index in [9.17, 15) is 0 Å². The quantitative estimate of drug-likeness (QED) is 0.366. The number of nitrogens with zero attached hydrogens (tertiary/aromatic N) is 6. The SMILES string of the molecule is CCCCn1nnnc1C(c1cc2ccccc2o1)N1CCN(C/C=C/c2ccccc2)CC1. The fourth-order valence-corrected chi connectivity index (χ4v) is 4.59. The molecule has 0 saturated carbocycles. The van der Waals surface area contributed by atoms with Gasteiger partial charge in [0.25, 0.3) is 0 Å². The van der Waals surface area contributed by atoms with Crippen LogP contribution >= 0.6 is 0 Å². The van der Waals surface area contributed by atoms with Gasteiger partial charge < -0.3 is 4.42 Å². The van der Waals surface area contributed by atoms with Gasteiger partial charge in [-0.3, -0.25) is 9.80 Å². The molecule has 0 spiro atoms. The van der Waals surface area contributed by atoms with Gasteiger partial charge in [-0.1, -0.05) is 74.0 Å². The lowest BCUT2D eigenvalue weighted by atomic mass is 10.1. The number of unbranched alkanes of at least 4 members (excludes halogenated alkanes) is 1. The van der Waals surface area contributed by atoms with Gasteiger partial charge in [-0.05, 0) is 34.5 Å². The molecule has 2 aromatic heterocycles. The van der Waals surface area contributed by atoms with Crippen molar-refractivity contribution in [1.29, 1.82) is 0 Å².